The summed E-state index contributed by atoms with van der Waals surface area (Å²) in [6.45, 7) is 2.47. The normalized spacial score (nSPS) is 14.0. The fourth-order valence-corrected chi connectivity index (χ4v) is 22.6. The molecule has 1 aliphatic rings. The first kappa shape index (κ1) is 61.0. The number of para-hydroxylation sites is 1. The Morgan fingerprint density at radius 2 is 0.750 bits per heavy atom. The van der Waals surface area contributed by atoms with Crippen molar-refractivity contribution in [1.82, 2.24) is 29.1 Å². The summed E-state index contributed by atoms with van der Waals surface area (Å²) in [5, 5.41) is 29.5. The van der Waals surface area contributed by atoms with Gasteiger partial charge in [-0.05, 0) is 131 Å². The van der Waals surface area contributed by atoms with Gasteiger partial charge in [0.1, 0.15) is 16.8 Å². The van der Waals surface area contributed by atoms with E-state index in [1.807, 2.05) is 34.8 Å². The predicted molar refractivity (Wildman–Crippen MR) is 472 cm³/mol. The molecule has 112 heavy (non-hydrogen) atoms. The van der Waals surface area contributed by atoms with Gasteiger partial charge in [-0.1, -0.05) is 280 Å². The van der Waals surface area contributed by atoms with E-state index in [4.69, 9.17) is 24.4 Å². The van der Waals surface area contributed by atoms with Crippen LogP contribution in [0.2, 0.25) is 0 Å². The fourth-order valence-electron chi connectivity index (χ4n) is 20.3. The number of hydrogen-bond acceptors (Lipinski definition) is 7. The molecule has 1 aliphatic carbocycles. The zero-order valence-electron chi connectivity index (χ0n) is 60.2. The summed E-state index contributed by atoms with van der Waals surface area (Å²) in [7, 11) is 0. The van der Waals surface area contributed by atoms with Gasteiger partial charge in [-0.15, -0.1) is 22.7 Å². The third-order valence-corrected chi connectivity index (χ3v) is 27.2. The minimum Gasteiger partial charge on any atom is -0.436 e. The highest BCUT2D eigenvalue weighted by molar-refractivity contribution is 7.26. The van der Waals surface area contributed by atoms with Crippen LogP contribution in [0.4, 0.5) is 0 Å². The molecule has 0 amide bonds. The van der Waals surface area contributed by atoms with Crippen LogP contribution in [0, 0.1) is 0 Å². The molecule has 0 fully saturated rings. The molecule has 0 N–H and O–H groups in total. The number of fused-ring (bicyclic) bond motifs is 36. The second-order valence-corrected chi connectivity index (χ2v) is 32.8. The summed E-state index contributed by atoms with van der Waals surface area (Å²) in [4.78, 5) is 23.9. The Kier molecular flexibility index (Phi) is 12.2. The number of hydrogen-bond donors (Lipinski definition) is 0. The highest BCUT2D eigenvalue weighted by atomic mass is 32.1. The van der Waals surface area contributed by atoms with Crippen LogP contribution >= 0.6 is 22.7 Å². The molecule has 1 atom stereocenters. The first-order valence-electron chi connectivity index (χ1n) is 38.4. The van der Waals surface area contributed by atoms with E-state index in [0.717, 1.165) is 121 Å². The largest absolute Gasteiger partial charge is 0.436 e. The highest BCUT2D eigenvalue weighted by Crippen LogP contribution is 2.57. The standard InChI is InChI=1S/C103H58N6OS2/c1-103(79-38-16-12-32-70(79)94-93(103)95(74-36-20-42-85-87(74)72-34-14-18-40-83(72)111-85)107-102(106-94)109-81-53-51-67-63-28-7-6-26-61(63)62-27-10-11-31-66(62)89(67)92(81)77-49-46-58-23-3-5-25-60(58)99(77)109)55-56-44-47-69-78(54-56)65-30-9-8-29-64(65)68-50-52-80-91(90(68)69)76-48-45-57-22-2-4-24-59(57)98(76)108(80)100-96(105-101-97(104-100)71-33-13-17-39-82(71)110-101)75-37-21-43-86-88(75)73-35-15-19-41-84(73)112-86/h2-54H,55H2,1H3. The van der Waals surface area contributed by atoms with Crippen molar-refractivity contribution in [2.45, 2.75) is 18.8 Å². The summed E-state index contributed by atoms with van der Waals surface area (Å²) < 4.78 is 16.4. The van der Waals surface area contributed by atoms with Crippen LogP contribution in [-0.2, 0) is 11.8 Å². The third kappa shape index (κ3) is 8.11. The number of benzene rings is 18. The molecule has 0 radical (unpaired) electrons. The van der Waals surface area contributed by atoms with Gasteiger partial charge in [0.15, 0.2) is 5.82 Å². The van der Waals surface area contributed by atoms with Crippen LogP contribution in [0.15, 0.2) is 326 Å². The van der Waals surface area contributed by atoms with Gasteiger partial charge in [0, 0.05) is 116 Å². The lowest BCUT2D eigenvalue weighted by molar-refractivity contribution is 0.581. The molecule has 7 aromatic heterocycles. The Labute approximate surface area is 646 Å². The summed E-state index contributed by atoms with van der Waals surface area (Å²) >= 11 is 3.66. The summed E-state index contributed by atoms with van der Waals surface area (Å²) in [5.41, 5.74) is 15.1. The van der Waals surface area contributed by atoms with Crippen LogP contribution in [0.3, 0.4) is 0 Å². The molecule has 0 saturated carbocycles. The zero-order chi connectivity index (χ0) is 72.9. The molecular formula is C103H58N6OS2. The quantitative estimate of drug-likeness (QED) is 0.155. The number of nitrogens with zero attached hydrogens (tertiary/aromatic N) is 6. The van der Waals surface area contributed by atoms with Gasteiger partial charge in [-0.2, -0.15) is 0 Å². The van der Waals surface area contributed by atoms with Gasteiger partial charge in [-0.25, -0.2) is 19.9 Å². The number of thiophene rings is 2. The van der Waals surface area contributed by atoms with Gasteiger partial charge >= 0.3 is 0 Å². The Hall–Kier alpha value is -14.0. The monoisotopic (exact) mass is 1460 g/mol. The molecule has 1 unspecified atom stereocenters. The zero-order valence-corrected chi connectivity index (χ0v) is 61.8. The molecular weight excluding hydrogens is 1400 g/mol. The lowest BCUT2D eigenvalue weighted by atomic mass is 9.73. The second kappa shape index (κ2) is 22.4. The Morgan fingerprint density at radius 1 is 0.312 bits per heavy atom. The molecule has 18 aromatic carbocycles. The molecule has 0 aliphatic heterocycles. The predicted octanol–water partition coefficient (Wildman–Crippen LogP) is 28.2. The van der Waals surface area contributed by atoms with E-state index < -0.39 is 5.41 Å². The maximum Gasteiger partial charge on any atom is 0.247 e. The smallest absolute Gasteiger partial charge is 0.247 e. The molecule has 26 rings (SSSR count). The number of furan rings is 1. The lowest BCUT2D eigenvalue weighted by Gasteiger charge is -2.29. The topological polar surface area (TPSA) is 74.6 Å². The van der Waals surface area contributed by atoms with Crippen molar-refractivity contribution in [1.29, 1.82) is 0 Å². The Bertz CT molecular complexity index is 8570. The molecule has 7 heterocycles. The van der Waals surface area contributed by atoms with Crippen molar-refractivity contribution in [3.63, 3.8) is 0 Å². The second-order valence-electron chi connectivity index (χ2n) is 30.7. The van der Waals surface area contributed by atoms with Crippen molar-refractivity contribution < 1.29 is 4.42 Å². The van der Waals surface area contributed by atoms with E-state index in [0.29, 0.717) is 18.1 Å². The van der Waals surface area contributed by atoms with Crippen molar-refractivity contribution in [3.05, 3.63) is 338 Å². The summed E-state index contributed by atoms with van der Waals surface area (Å²) in [6.07, 6.45) is 0.663. The highest BCUT2D eigenvalue weighted by Gasteiger charge is 2.45. The third-order valence-electron chi connectivity index (χ3n) is 24.9. The van der Waals surface area contributed by atoms with Crippen molar-refractivity contribution in [2.75, 3.05) is 0 Å². The summed E-state index contributed by atoms with van der Waals surface area (Å²) in [5.74, 6) is 1.39. The summed E-state index contributed by atoms with van der Waals surface area (Å²) in [6, 6.07) is 119. The van der Waals surface area contributed by atoms with Gasteiger partial charge in [0.25, 0.3) is 0 Å². The SMILES string of the molecule is CC1(Cc2ccc3c(c2)c2ccccc2c2ccc4c(c5ccc6ccccc6c5n4-c4nc5c(nc4-c4cccc6sc7ccccc7c46)oc4ccccc45)c23)c2ccccc2-c2nc(-n3c4ccc5c6ccccc6c6ccccc6c5c4c4ccc5ccccc5c43)nc(-c3cccc4sc5ccccc5c34)c21. The van der Waals surface area contributed by atoms with Crippen molar-refractivity contribution in [3.8, 4) is 45.5 Å². The van der Waals surface area contributed by atoms with Crippen LogP contribution in [0.25, 0.3) is 238 Å². The molecule has 518 valence electrons. The van der Waals surface area contributed by atoms with E-state index in [1.165, 1.54) is 121 Å². The molecule has 0 bridgehead atoms. The van der Waals surface area contributed by atoms with E-state index in [2.05, 4.69) is 325 Å². The fraction of sp³-hybridized carbons (Fsp3) is 0.0291. The van der Waals surface area contributed by atoms with Crippen LogP contribution < -0.4 is 0 Å². The molecule has 9 heteroatoms. The van der Waals surface area contributed by atoms with Crippen LogP contribution in [0.5, 0.6) is 0 Å². The first-order valence-corrected chi connectivity index (χ1v) is 40.0. The van der Waals surface area contributed by atoms with Gasteiger partial charge in [-0.3, -0.25) is 9.13 Å². The van der Waals surface area contributed by atoms with Gasteiger partial charge < -0.3 is 4.42 Å². The van der Waals surface area contributed by atoms with E-state index in [-0.39, 0.29) is 0 Å². The Morgan fingerprint density at radius 3 is 1.38 bits per heavy atom. The van der Waals surface area contributed by atoms with E-state index in [1.54, 1.807) is 0 Å². The number of rotatable bonds is 6. The van der Waals surface area contributed by atoms with E-state index >= 15 is 0 Å². The number of aromatic nitrogens is 6. The van der Waals surface area contributed by atoms with Crippen molar-refractivity contribution in [2.24, 2.45) is 0 Å². The molecule has 7 nitrogen and oxygen atoms in total. The Balaban J connectivity index is 0.733. The van der Waals surface area contributed by atoms with Crippen LogP contribution in [0.1, 0.15) is 23.6 Å². The maximum absolute atomic E-state index is 6.70. The van der Waals surface area contributed by atoms with E-state index in [9.17, 15) is 0 Å². The van der Waals surface area contributed by atoms with Crippen LogP contribution in [-0.4, -0.2) is 29.1 Å². The molecule has 0 saturated heterocycles. The minimum atomic E-state index is -0.640. The maximum atomic E-state index is 6.70. The molecule has 0 spiro atoms. The first-order chi connectivity index (χ1) is 55.4. The van der Waals surface area contributed by atoms with Crippen molar-refractivity contribution >= 4 is 215 Å². The average molecular weight is 1460 g/mol. The van der Waals surface area contributed by atoms with Gasteiger partial charge in [0.2, 0.25) is 11.7 Å². The van der Waals surface area contributed by atoms with Gasteiger partial charge in [0.05, 0.1) is 33.5 Å². The lowest BCUT2D eigenvalue weighted by Crippen LogP contribution is -2.25. The average Bonchev–Trinajstić information content (AvgIpc) is 1.52. The minimum absolute atomic E-state index is 0.506. The molecule has 25 aromatic rings.